The fourth-order valence-electron chi connectivity index (χ4n) is 1.52. The Hall–Kier alpha value is -2.01. The predicted molar refractivity (Wildman–Crippen MR) is 57.8 cm³/mol. The van der Waals surface area contributed by atoms with E-state index in [9.17, 15) is 10.0 Å². The summed E-state index contributed by atoms with van der Waals surface area (Å²) in [6.45, 7) is 1.63. The summed E-state index contributed by atoms with van der Waals surface area (Å²) in [6.07, 6.45) is 0. The molecule has 0 unspecified atom stereocenters. The van der Waals surface area contributed by atoms with E-state index < -0.39 is 12.1 Å². The van der Waals surface area contributed by atoms with Crippen molar-refractivity contribution < 1.29 is 14.4 Å². The Balaban J connectivity index is 2.36. The molecule has 5 heteroatoms. The van der Waals surface area contributed by atoms with E-state index in [-0.39, 0.29) is 0 Å². The van der Waals surface area contributed by atoms with Gasteiger partial charge in [-0.25, -0.2) is 4.79 Å². The fourth-order valence-corrected chi connectivity index (χ4v) is 1.52. The van der Waals surface area contributed by atoms with Crippen molar-refractivity contribution in [3.05, 3.63) is 36.1 Å². The summed E-state index contributed by atoms with van der Waals surface area (Å²) < 4.78 is 5.49. The Kier molecular flexibility index (Phi) is 2.54. The monoisotopic (exact) mass is 220 g/mol. The number of rotatable bonds is 2. The van der Waals surface area contributed by atoms with Crippen LogP contribution in [-0.2, 0) is 0 Å². The first-order valence-electron chi connectivity index (χ1n) is 4.85. The number of para-hydroxylation sites is 1. The Bertz CT molecular complexity index is 488. The van der Waals surface area contributed by atoms with Crippen LogP contribution in [-0.4, -0.2) is 16.3 Å². The lowest BCUT2D eigenvalue weighted by atomic mass is 10.2. The number of primary amides is 1. The third-order valence-electron chi connectivity index (χ3n) is 2.45. The molecular formula is C11H12N2O3. The van der Waals surface area contributed by atoms with Crippen LogP contribution in [0.4, 0.5) is 4.79 Å². The van der Waals surface area contributed by atoms with Crippen LogP contribution >= 0.6 is 0 Å². The molecule has 2 aromatic rings. The van der Waals surface area contributed by atoms with Gasteiger partial charge in [0.15, 0.2) is 0 Å². The molecule has 1 aromatic carbocycles. The maximum Gasteiger partial charge on any atom is 0.339 e. The maximum atomic E-state index is 10.8. The highest BCUT2D eigenvalue weighted by Crippen LogP contribution is 2.26. The number of hydrogen-bond acceptors (Lipinski definition) is 3. The third-order valence-corrected chi connectivity index (χ3v) is 2.45. The highest BCUT2D eigenvalue weighted by Gasteiger charge is 2.20. The molecule has 84 valence electrons. The molecule has 5 nitrogen and oxygen atoms in total. The Morgan fingerprint density at radius 1 is 1.50 bits per heavy atom. The molecule has 0 bridgehead atoms. The van der Waals surface area contributed by atoms with Gasteiger partial charge in [0, 0.05) is 5.39 Å². The van der Waals surface area contributed by atoms with E-state index >= 15 is 0 Å². The fraction of sp³-hybridized carbons (Fsp3) is 0.182. The molecule has 1 aromatic heterocycles. The van der Waals surface area contributed by atoms with E-state index in [0.29, 0.717) is 16.4 Å². The molecule has 0 radical (unpaired) electrons. The number of nitrogens with zero attached hydrogens (tertiary/aromatic N) is 1. The van der Waals surface area contributed by atoms with Crippen molar-refractivity contribution >= 4 is 17.0 Å². The molecule has 0 saturated carbocycles. The van der Waals surface area contributed by atoms with Gasteiger partial charge in [0.05, 0.1) is 0 Å². The second-order valence-electron chi connectivity index (χ2n) is 3.55. The number of fused-ring (bicyclic) bond motifs is 1. The highest BCUT2D eigenvalue weighted by atomic mass is 16.5. The number of carbonyl (C=O) groups excluding carboxylic acids is 1. The van der Waals surface area contributed by atoms with E-state index in [1.807, 2.05) is 24.3 Å². The first-order chi connectivity index (χ1) is 7.59. The SMILES string of the molecule is C[C@H](c1cc2ccccc2o1)N(O)C(N)=O. The molecule has 0 aliphatic carbocycles. The van der Waals surface area contributed by atoms with Gasteiger partial charge < -0.3 is 10.2 Å². The van der Waals surface area contributed by atoms with Crippen LogP contribution in [0.5, 0.6) is 0 Å². The molecule has 0 fully saturated rings. The zero-order chi connectivity index (χ0) is 11.7. The largest absolute Gasteiger partial charge is 0.459 e. The molecule has 2 rings (SSSR count). The Labute approximate surface area is 92.0 Å². The molecule has 0 saturated heterocycles. The normalized spacial score (nSPS) is 12.6. The summed E-state index contributed by atoms with van der Waals surface area (Å²) in [5.74, 6) is 0.488. The van der Waals surface area contributed by atoms with Crippen LogP contribution in [0.15, 0.2) is 34.7 Å². The number of carbonyl (C=O) groups is 1. The average molecular weight is 220 g/mol. The van der Waals surface area contributed by atoms with Gasteiger partial charge in [-0.2, -0.15) is 5.06 Å². The first-order valence-corrected chi connectivity index (χ1v) is 4.85. The van der Waals surface area contributed by atoms with Gasteiger partial charge in [0.1, 0.15) is 17.4 Å². The van der Waals surface area contributed by atoms with E-state index in [0.717, 1.165) is 5.39 Å². The van der Waals surface area contributed by atoms with Crippen molar-refractivity contribution in [3.63, 3.8) is 0 Å². The van der Waals surface area contributed by atoms with Crippen LogP contribution in [0.2, 0.25) is 0 Å². The topological polar surface area (TPSA) is 79.7 Å². The van der Waals surface area contributed by atoms with Gasteiger partial charge >= 0.3 is 6.03 Å². The van der Waals surface area contributed by atoms with Crippen LogP contribution < -0.4 is 5.73 Å². The molecular weight excluding hydrogens is 208 g/mol. The minimum absolute atomic E-state index is 0.442. The van der Waals surface area contributed by atoms with Crippen LogP contribution in [0.25, 0.3) is 11.0 Å². The third kappa shape index (κ3) is 1.72. The summed E-state index contributed by atoms with van der Waals surface area (Å²) in [5.41, 5.74) is 5.67. The van der Waals surface area contributed by atoms with Crippen LogP contribution in [0, 0.1) is 0 Å². The lowest BCUT2D eigenvalue weighted by Gasteiger charge is -2.17. The number of hydrogen-bond donors (Lipinski definition) is 2. The van der Waals surface area contributed by atoms with Crippen LogP contribution in [0.1, 0.15) is 18.7 Å². The minimum Gasteiger partial charge on any atom is -0.459 e. The van der Waals surface area contributed by atoms with E-state index in [2.05, 4.69) is 0 Å². The van der Waals surface area contributed by atoms with Gasteiger partial charge in [-0.1, -0.05) is 18.2 Å². The number of hydroxylamine groups is 2. The number of amides is 2. The number of furan rings is 1. The molecule has 16 heavy (non-hydrogen) atoms. The predicted octanol–water partition coefficient (Wildman–Crippen LogP) is 2.26. The van der Waals surface area contributed by atoms with Gasteiger partial charge in [-0.3, -0.25) is 5.21 Å². The smallest absolute Gasteiger partial charge is 0.339 e. The molecule has 3 N–H and O–H groups in total. The van der Waals surface area contributed by atoms with Crippen molar-refractivity contribution in [2.75, 3.05) is 0 Å². The summed E-state index contributed by atoms with van der Waals surface area (Å²) in [6, 6.07) is 7.70. The molecule has 1 atom stereocenters. The molecule has 0 spiro atoms. The number of urea groups is 1. The molecule has 0 aliphatic heterocycles. The van der Waals surface area contributed by atoms with E-state index in [1.54, 1.807) is 13.0 Å². The van der Waals surface area contributed by atoms with Crippen molar-refractivity contribution in [2.24, 2.45) is 5.73 Å². The Morgan fingerprint density at radius 3 is 2.81 bits per heavy atom. The quantitative estimate of drug-likeness (QED) is 0.601. The van der Waals surface area contributed by atoms with E-state index in [4.69, 9.17) is 10.2 Å². The maximum absolute atomic E-state index is 10.8. The standard InChI is InChI=1S/C11H12N2O3/c1-7(13(15)11(12)14)10-6-8-4-2-3-5-9(8)16-10/h2-7,15H,1H3,(H2,12,14)/t7-/m1/s1. The highest BCUT2D eigenvalue weighted by molar-refractivity contribution is 5.78. The van der Waals surface area contributed by atoms with Crippen molar-refractivity contribution in [1.29, 1.82) is 0 Å². The van der Waals surface area contributed by atoms with Crippen molar-refractivity contribution in [1.82, 2.24) is 5.06 Å². The second-order valence-corrected chi connectivity index (χ2v) is 3.55. The van der Waals surface area contributed by atoms with Gasteiger partial charge in [-0.15, -0.1) is 0 Å². The van der Waals surface area contributed by atoms with Gasteiger partial charge in [0.2, 0.25) is 0 Å². The van der Waals surface area contributed by atoms with E-state index in [1.165, 1.54) is 0 Å². The summed E-state index contributed by atoms with van der Waals surface area (Å²) in [4.78, 5) is 10.8. The summed E-state index contributed by atoms with van der Waals surface area (Å²) in [7, 11) is 0. The van der Waals surface area contributed by atoms with Crippen LogP contribution in [0.3, 0.4) is 0 Å². The lowest BCUT2D eigenvalue weighted by molar-refractivity contribution is -0.0758. The lowest BCUT2D eigenvalue weighted by Crippen LogP contribution is -2.34. The minimum atomic E-state index is -0.909. The average Bonchev–Trinajstić information content (AvgIpc) is 2.70. The Morgan fingerprint density at radius 2 is 2.19 bits per heavy atom. The molecule has 1 heterocycles. The summed E-state index contributed by atoms with van der Waals surface area (Å²) in [5, 5.41) is 10.7. The van der Waals surface area contributed by atoms with Crippen molar-refractivity contribution in [2.45, 2.75) is 13.0 Å². The zero-order valence-electron chi connectivity index (χ0n) is 8.75. The second kappa shape index (κ2) is 3.86. The summed E-state index contributed by atoms with van der Waals surface area (Å²) >= 11 is 0. The van der Waals surface area contributed by atoms with Crippen molar-refractivity contribution in [3.8, 4) is 0 Å². The molecule has 0 aliphatic rings. The zero-order valence-corrected chi connectivity index (χ0v) is 8.75. The number of benzene rings is 1. The first kappa shape index (κ1) is 10.5. The number of nitrogens with two attached hydrogens (primary N) is 1. The van der Waals surface area contributed by atoms with Gasteiger partial charge in [-0.05, 0) is 19.1 Å². The van der Waals surface area contributed by atoms with Gasteiger partial charge in [0.25, 0.3) is 0 Å². The molecule has 2 amide bonds.